The highest BCUT2D eigenvalue weighted by Crippen LogP contribution is 2.34. The lowest BCUT2D eigenvalue weighted by Crippen LogP contribution is -2.32. The van der Waals surface area contributed by atoms with E-state index in [4.69, 9.17) is 0 Å². The fraction of sp³-hybridized carbons (Fsp3) is 1.00. The number of thioether (sulfide) groups is 2. The van der Waals surface area contributed by atoms with Gasteiger partial charge in [-0.05, 0) is 30.8 Å². The van der Waals surface area contributed by atoms with Crippen LogP contribution in [-0.2, 0) is 0 Å². The molecule has 0 bridgehead atoms. The molecule has 0 aliphatic carbocycles. The summed E-state index contributed by atoms with van der Waals surface area (Å²) in [6, 6.07) is 0.746. The van der Waals surface area contributed by atoms with E-state index in [0.717, 1.165) is 17.3 Å². The second kappa shape index (κ2) is 3.58. The zero-order valence-corrected chi connectivity index (χ0v) is 8.51. The van der Waals surface area contributed by atoms with Gasteiger partial charge in [-0.25, -0.2) is 0 Å². The van der Waals surface area contributed by atoms with Gasteiger partial charge in [0.1, 0.15) is 0 Å². The first-order valence-corrected chi connectivity index (χ1v) is 6.52. The fourth-order valence-electron chi connectivity index (χ4n) is 1.69. The van der Waals surface area contributed by atoms with Crippen LogP contribution in [0, 0.1) is 5.92 Å². The van der Waals surface area contributed by atoms with E-state index in [9.17, 15) is 0 Å². The molecule has 64 valence electrons. The highest BCUT2D eigenvalue weighted by Gasteiger charge is 2.30. The average molecular weight is 189 g/mol. The Labute approximate surface area is 77.1 Å². The molecule has 0 radical (unpaired) electrons. The molecule has 2 rings (SSSR count). The molecule has 0 amide bonds. The number of rotatable bonds is 1. The number of hydrogen-bond donors (Lipinski definition) is 1. The standard InChI is InChI=1S/C8H15NS2/c1-6-4-11-8(9-6)7-2-3-10-5-7/h6-9H,2-5H2,1H3. The molecular weight excluding hydrogens is 174 g/mol. The first kappa shape index (κ1) is 8.27. The summed E-state index contributed by atoms with van der Waals surface area (Å²) in [7, 11) is 0. The van der Waals surface area contributed by atoms with Crippen LogP contribution in [0.3, 0.4) is 0 Å². The first-order chi connectivity index (χ1) is 5.36. The predicted octanol–water partition coefficient (Wildman–Crippen LogP) is 1.79. The number of nitrogens with one attached hydrogen (secondary N) is 1. The minimum atomic E-state index is 0.746. The topological polar surface area (TPSA) is 12.0 Å². The van der Waals surface area contributed by atoms with Crippen molar-refractivity contribution in [2.45, 2.75) is 24.8 Å². The maximum absolute atomic E-state index is 3.65. The normalized spacial score (nSPS) is 45.0. The average Bonchev–Trinajstić information content (AvgIpc) is 2.55. The Balaban J connectivity index is 1.85. The third-order valence-electron chi connectivity index (χ3n) is 2.37. The molecule has 2 aliphatic heterocycles. The largest absolute Gasteiger partial charge is 0.302 e. The van der Waals surface area contributed by atoms with Crippen molar-refractivity contribution in [1.29, 1.82) is 0 Å². The summed E-state index contributed by atoms with van der Waals surface area (Å²) in [5, 5.41) is 4.42. The van der Waals surface area contributed by atoms with Crippen LogP contribution in [0.4, 0.5) is 0 Å². The Hall–Kier alpha value is 0.660. The third-order valence-corrected chi connectivity index (χ3v) is 5.13. The molecule has 3 unspecified atom stereocenters. The maximum Gasteiger partial charge on any atom is 0.0571 e. The van der Waals surface area contributed by atoms with Crippen molar-refractivity contribution in [3.63, 3.8) is 0 Å². The summed E-state index contributed by atoms with van der Waals surface area (Å²) in [4.78, 5) is 0. The van der Waals surface area contributed by atoms with E-state index in [2.05, 4.69) is 35.8 Å². The lowest BCUT2D eigenvalue weighted by Gasteiger charge is -2.16. The van der Waals surface area contributed by atoms with Crippen molar-refractivity contribution in [3.05, 3.63) is 0 Å². The molecule has 0 spiro atoms. The third kappa shape index (κ3) is 1.87. The van der Waals surface area contributed by atoms with E-state index in [1.807, 2.05) is 0 Å². The van der Waals surface area contributed by atoms with E-state index in [1.165, 1.54) is 23.7 Å². The van der Waals surface area contributed by atoms with Gasteiger partial charge in [-0.2, -0.15) is 11.8 Å². The van der Waals surface area contributed by atoms with E-state index in [0.29, 0.717) is 0 Å². The van der Waals surface area contributed by atoms with Gasteiger partial charge in [-0.15, -0.1) is 11.8 Å². The minimum absolute atomic E-state index is 0.746. The molecule has 2 saturated heterocycles. The maximum atomic E-state index is 3.65. The predicted molar refractivity (Wildman–Crippen MR) is 54.3 cm³/mol. The van der Waals surface area contributed by atoms with Gasteiger partial charge in [0.05, 0.1) is 5.37 Å². The molecule has 2 aliphatic rings. The molecule has 3 atom stereocenters. The Bertz CT molecular complexity index is 134. The Kier molecular flexibility index (Phi) is 2.69. The molecule has 0 aromatic heterocycles. The van der Waals surface area contributed by atoms with E-state index >= 15 is 0 Å². The van der Waals surface area contributed by atoms with Crippen molar-refractivity contribution in [1.82, 2.24) is 5.32 Å². The van der Waals surface area contributed by atoms with E-state index in [-0.39, 0.29) is 0 Å². The fourth-order valence-corrected chi connectivity index (χ4v) is 4.53. The van der Waals surface area contributed by atoms with Gasteiger partial charge in [0, 0.05) is 11.8 Å². The molecule has 1 nitrogen and oxygen atoms in total. The van der Waals surface area contributed by atoms with Crippen molar-refractivity contribution < 1.29 is 0 Å². The Morgan fingerprint density at radius 2 is 2.27 bits per heavy atom. The Morgan fingerprint density at radius 3 is 2.82 bits per heavy atom. The van der Waals surface area contributed by atoms with Gasteiger partial charge in [-0.1, -0.05) is 0 Å². The zero-order chi connectivity index (χ0) is 7.68. The van der Waals surface area contributed by atoms with Crippen LogP contribution in [0.2, 0.25) is 0 Å². The minimum Gasteiger partial charge on any atom is -0.302 e. The SMILES string of the molecule is CC1CSC(C2CCSC2)N1. The van der Waals surface area contributed by atoms with Crippen LogP contribution in [0.5, 0.6) is 0 Å². The second-order valence-corrected chi connectivity index (χ2v) is 5.77. The molecule has 11 heavy (non-hydrogen) atoms. The first-order valence-electron chi connectivity index (χ1n) is 4.31. The van der Waals surface area contributed by atoms with Crippen LogP contribution in [0.25, 0.3) is 0 Å². The van der Waals surface area contributed by atoms with E-state index in [1.54, 1.807) is 0 Å². The van der Waals surface area contributed by atoms with Crippen LogP contribution in [0.1, 0.15) is 13.3 Å². The summed E-state index contributed by atoms with van der Waals surface area (Å²) in [6.07, 6.45) is 1.43. The summed E-state index contributed by atoms with van der Waals surface area (Å²) in [5.74, 6) is 5.04. The van der Waals surface area contributed by atoms with Crippen LogP contribution in [0.15, 0.2) is 0 Å². The van der Waals surface area contributed by atoms with Crippen molar-refractivity contribution in [2.75, 3.05) is 17.3 Å². The lowest BCUT2D eigenvalue weighted by molar-refractivity contribution is 0.476. The zero-order valence-electron chi connectivity index (χ0n) is 6.88. The molecule has 2 heterocycles. The van der Waals surface area contributed by atoms with Gasteiger partial charge in [0.15, 0.2) is 0 Å². The van der Waals surface area contributed by atoms with Crippen LogP contribution in [-0.4, -0.2) is 28.7 Å². The van der Waals surface area contributed by atoms with Crippen molar-refractivity contribution in [3.8, 4) is 0 Å². The van der Waals surface area contributed by atoms with Gasteiger partial charge >= 0.3 is 0 Å². The molecule has 1 N–H and O–H groups in total. The van der Waals surface area contributed by atoms with Gasteiger partial charge < -0.3 is 5.32 Å². The molecule has 2 fully saturated rings. The van der Waals surface area contributed by atoms with Crippen molar-refractivity contribution >= 4 is 23.5 Å². The summed E-state index contributed by atoms with van der Waals surface area (Å²) in [6.45, 7) is 2.29. The molecule has 3 heteroatoms. The molecule has 0 aromatic rings. The van der Waals surface area contributed by atoms with Gasteiger partial charge in [0.25, 0.3) is 0 Å². The highest BCUT2D eigenvalue weighted by atomic mass is 32.2. The smallest absolute Gasteiger partial charge is 0.0571 e. The van der Waals surface area contributed by atoms with Gasteiger partial charge in [0.2, 0.25) is 0 Å². The van der Waals surface area contributed by atoms with Crippen LogP contribution >= 0.6 is 23.5 Å². The quantitative estimate of drug-likeness (QED) is 0.675. The monoisotopic (exact) mass is 189 g/mol. The summed E-state index contributed by atoms with van der Waals surface area (Å²) >= 11 is 4.24. The molecule has 0 aromatic carbocycles. The van der Waals surface area contributed by atoms with E-state index < -0.39 is 0 Å². The lowest BCUT2D eigenvalue weighted by atomic mass is 10.1. The Morgan fingerprint density at radius 1 is 1.36 bits per heavy atom. The van der Waals surface area contributed by atoms with Gasteiger partial charge in [-0.3, -0.25) is 0 Å². The highest BCUT2D eigenvalue weighted by molar-refractivity contribution is 8.00. The molecular formula is C8H15NS2. The number of hydrogen-bond acceptors (Lipinski definition) is 3. The molecule has 0 saturated carbocycles. The second-order valence-electron chi connectivity index (χ2n) is 3.45. The van der Waals surface area contributed by atoms with Crippen molar-refractivity contribution in [2.24, 2.45) is 5.92 Å². The van der Waals surface area contributed by atoms with Crippen LogP contribution < -0.4 is 5.32 Å². The summed E-state index contributed by atoms with van der Waals surface area (Å²) < 4.78 is 0. The summed E-state index contributed by atoms with van der Waals surface area (Å²) in [5.41, 5.74) is 0.